The van der Waals surface area contributed by atoms with Crippen molar-refractivity contribution in [1.29, 1.82) is 5.26 Å². The number of anilines is 1. The molecule has 0 unspecified atom stereocenters. The van der Waals surface area contributed by atoms with Gasteiger partial charge in [0.1, 0.15) is 0 Å². The standard InChI is InChI=1S/C21H18N4OS/c22-15-16-5-1-2-6-17(16)18-7-3-4-8-19(18)20(26)24-10-12-25(13-11-24)21-23-9-14-27-21/h1-9,14H,10-13H2. The fourth-order valence-corrected chi connectivity index (χ4v) is 4.06. The molecule has 0 aliphatic carbocycles. The molecule has 0 saturated carbocycles. The van der Waals surface area contributed by atoms with Crippen molar-refractivity contribution in [2.45, 2.75) is 0 Å². The molecule has 0 N–H and O–H groups in total. The van der Waals surface area contributed by atoms with Crippen LogP contribution >= 0.6 is 11.3 Å². The third kappa shape index (κ3) is 3.42. The van der Waals surface area contributed by atoms with Crippen molar-refractivity contribution >= 4 is 22.4 Å². The zero-order valence-corrected chi connectivity index (χ0v) is 15.5. The van der Waals surface area contributed by atoms with E-state index in [1.807, 2.05) is 52.7 Å². The van der Waals surface area contributed by atoms with Crippen LogP contribution in [0.4, 0.5) is 5.13 Å². The van der Waals surface area contributed by atoms with Gasteiger partial charge in [-0.05, 0) is 17.7 Å². The summed E-state index contributed by atoms with van der Waals surface area (Å²) >= 11 is 1.62. The minimum atomic E-state index is 0.0112. The Morgan fingerprint density at radius 1 is 1.00 bits per heavy atom. The molecule has 2 heterocycles. The van der Waals surface area contributed by atoms with E-state index in [0.29, 0.717) is 24.2 Å². The second-order valence-corrected chi connectivity index (χ2v) is 7.17. The van der Waals surface area contributed by atoms with E-state index < -0.39 is 0 Å². The third-order valence-electron chi connectivity index (χ3n) is 4.75. The molecule has 1 saturated heterocycles. The van der Waals surface area contributed by atoms with Gasteiger partial charge in [0.25, 0.3) is 5.91 Å². The maximum Gasteiger partial charge on any atom is 0.254 e. The fourth-order valence-electron chi connectivity index (χ4n) is 3.36. The molecule has 1 aromatic heterocycles. The number of carbonyl (C=O) groups excluding carboxylic acids is 1. The minimum absolute atomic E-state index is 0.0112. The van der Waals surface area contributed by atoms with Gasteiger partial charge in [0.05, 0.1) is 11.6 Å². The molecule has 0 atom stereocenters. The molecule has 4 rings (SSSR count). The first-order valence-electron chi connectivity index (χ1n) is 8.80. The average molecular weight is 374 g/mol. The lowest BCUT2D eigenvalue weighted by Gasteiger charge is -2.35. The van der Waals surface area contributed by atoms with Gasteiger partial charge in [-0.2, -0.15) is 5.26 Å². The summed E-state index contributed by atoms with van der Waals surface area (Å²) < 4.78 is 0. The predicted octanol–water partition coefficient (Wildman–Crippen LogP) is 3.64. The van der Waals surface area contributed by atoms with Crippen molar-refractivity contribution in [1.82, 2.24) is 9.88 Å². The van der Waals surface area contributed by atoms with Crippen LogP contribution in [0.3, 0.4) is 0 Å². The molecular weight excluding hydrogens is 356 g/mol. The van der Waals surface area contributed by atoms with E-state index in [1.54, 1.807) is 23.6 Å². The van der Waals surface area contributed by atoms with Crippen LogP contribution in [-0.2, 0) is 0 Å². The zero-order chi connectivity index (χ0) is 18.6. The van der Waals surface area contributed by atoms with Crippen LogP contribution in [-0.4, -0.2) is 42.0 Å². The number of hydrogen-bond donors (Lipinski definition) is 0. The van der Waals surface area contributed by atoms with E-state index in [-0.39, 0.29) is 5.91 Å². The monoisotopic (exact) mass is 374 g/mol. The molecular formula is C21H18N4OS. The van der Waals surface area contributed by atoms with Crippen molar-refractivity contribution in [2.75, 3.05) is 31.1 Å². The Balaban J connectivity index is 1.58. The summed E-state index contributed by atoms with van der Waals surface area (Å²) in [5, 5.41) is 12.4. The largest absolute Gasteiger partial charge is 0.345 e. The summed E-state index contributed by atoms with van der Waals surface area (Å²) in [6.45, 7) is 2.87. The summed E-state index contributed by atoms with van der Waals surface area (Å²) in [7, 11) is 0. The maximum absolute atomic E-state index is 13.2. The highest BCUT2D eigenvalue weighted by molar-refractivity contribution is 7.13. The smallest absolute Gasteiger partial charge is 0.254 e. The van der Waals surface area contributed by atoms with Crippen molar-refractivity contribution in [2.24, 2.45) is 0 Å². The molecule has 0 radical (unpaired) electrons. The summed E-state index contributed by atoms with van der Waals surface area (Å²) in [5.74, 6) is 0.0112. The van der Waals surface area contributed by atoms with Gasteiger partial charge in [0.15, 0.2) is 5.13 Å². The predicted molar refractivity (Wildman–Crippen MR) is 107 cm³/mol. The number of aromatic nitrogens is 1. The van der Waals surface area contributed by atoms with Crippen molar-refractivity contribution in [3.63, 3.8) is 0 Å². The first-order valence-corrected chi connectivity index (χ1v) is 9.68. The van der Waals surface area contributed by atoms with Crippen LogP contribution in [0.1, 0.15) is 15.9 Å². The SMILES string of the molecule is N#Cc1ccccc1-c1ccccc1C(=O)N1CCN(c2nccs2)CC1. The van der Waals surface area contributed by atoms with E-state index in [1.165, 1.54) is 0 Å². The summed E-state index contributed by atoms with van der Waals surface area (Å²) in [6.07, 6.45) is 1.81. The van der Waals surface area contributed by atoms with Crippen LogP contribution in [0.5, 0.6) is 0 Å². The number of benzene rings is 2. The van der Waals surface area contributed by atoms with E-state index in [2.05, 4.69) is 16.0 Å². The number of piperazine rings is 1. The van der Waals surface area contributed by atoms with Crippen LogP contribution in [0.2, 0.25) is 0 Å². The van der Waals surface area contributed by atoms with Gasteiger partial charge in [-0.1, -0.05) is 36.4 Å². The Morgan fingerprint density at radius 3 is 2.41 bits per heavy atom. The van der Waals surface area contributed by atoms with Crippen molar-refractivity contribution < 1.29 is 4.79 Å². The molecule has 6 heteroatoms. The van der Waals surface area contributed by atoms with Crippen LogP contribution in [0.25, 0.3) is 11.1 Å². The molecule has 5 nitrogen and oxygen atoms in total. The van der Waals surface area contributed by atoms with Gasteiger partial charge >= 0.3 is 0 Å². The van der Waals surface area contributed by atoms with Gasteiger partial charge < -0.3 is 9.80 Å². The van der Waals surface area contributed by atoms with Crippen LogP contribution in [0, 0.1) is 11.3 Å². The molecule has 1 aliphatic heterocycles. The molecule has 1 amide bonds. The average Bonchev–Trinajstić information content (AvgIpc) is 3.28. The Kier molecular flexibility index (Phi) is 4.86. The molecule has 27 heavy (non-hydrogen) atoms. The normalized spacial score (nSPS) is 14.0. The molecule has 3 aromatic rings. The Hall–Kier alpha value is -3.17. The third-order valence-corrected chi connectivity index (χ3v) is 5.58. The van der Waals surface area contributed by atoms with Crippen LogP contribution < -0.4 is 4.90 Å². The van der Waals surface area contributed by atoms with E-state index >= 15 is 0 Å². The second kappa shape index (κ2) is 7.60. The lowest BCUT2D eigenvalue weighted by atomic mass is 9.95. The zero-order valence-electron chi connectivity index (χ0n) is 14.7. The lowest BCUT2D eigenvalue weighted by Crippen LogP contribution is -2.48. The van der Waals surface area contributed by atoms with E-state index in [4.69, 9.17) is 0 Å². The molecule has 134 valence electrons. The molecule has 1 fully saturated rings. The highest BCUT2D eigenvalue weighted by Gasteiger charge is 2.25. The first-order chi connectivity index (χ1) is 13.3. The van der Waals surface area contributed by atoms with Gasteiger partial charge in [-0.15, -0.1) is 11.3 Å². The van der Waals surface area contributed by atoms with Crippen molar-refractivity contribution in [3.05, 3.63) is 71.2 Å². The molecule has 1 aliphatic rings. The highest BCUT2D eigenvalue weighted by atomic mass is 32.1. The topological polar surface area (TPSA) is 60.2 Å². The quantitative estimate of drug-likeness (QED) is 0.702. The number of hydrogen-bond acceptors (Lipinski definition) is 5. The molecule has 0 spiro atoms. The maximum atomic E-state index is 13.2. The summed E-state index contributed by atoms with van der Waals surface area (Å²) in [5.41, 5.74) is 2.82. The van der Waals surface area contributed by atoms with Gasteiger partial charge in [-0.25, -0.2) is 4.98 Å². The number of amides is 1. The van der Waals surface area contributed by atoms with E-state index in [9.17, 15) is 10.1 Å². The number of carbonyl (C=O) groups is 1. The second-order valence-electron chi connectivity index (χ2n) is 6.30. The van der Waals surface area contributed by atoms with E-state index in [0.717, 1.165) is 29.3 Å². The number of nitrogens with zero attached hydrogens (tertiary/aromatic N) is 4. The summed E-state index contributed by atoms with van der Waals surface area (Å²) in [6, 6.07) is 17.2. The Bertz CT molecular complexity index is 985. The lowest BCUT2D eigenvalue weighted by molar-refractivity contribution is 0.0747. The van der Waals surface area contributed by atoms with Gasteiger partial charge in [-0.3, -0.25) is 4.79 Å². The first kappa shape index (κ1) is 17.3. The minimum Gasteiger partial charge on any atom is -0.345 e. The number of rotatable bonds is 3. The van der Waals surface area contributed by atoms with Crippen LogP contribution in [0.15, 0.2) is 60.1 Å². The fraction of sp³-hybridized carbons (Fsp3) is 0.190. The number of nitriles is 1. The molecule has 2 aromatic carbocycles. The number of thiazole rings is 1. The van der Waals surface area contributed by atoms with Gasteiger partial charge in [0, 0.05) is 48.9 Å². The highest BCUT2D eigenvalue weighted by Crippen LogP contribution is 2.28. The van der Waals surface area contributed by atoms with Crippen molar-refractivity contribution in [3.8, 4) is 17.2 Å². The van der Waals surface area contributed by atoms with Gasteiger partial charge in [0.2, 0.25) is 0 Å². The Morgan fingerprint density at radius 2 is 1.70 bits per heavy atom. The Labute approximate surface area is 162 Å². The summed E-state index contributed by atoms with van der Waals surface area (Å²) in [4.78, 5) is 21.6. The molecule has 0 bridgehead atoms.